The summed E-state index contributed by atoms with van der Waals surface area (Å²) in [7, 11) is -3.54. The van der Waals surface area contributed by atoms with Crippen LogP contribution < -0.4 is 0 Å². The molecular weight excluding hydrogens is 192 g/mol. The van der Waals surface area contributed by atoms with Crippen LogP contribution in [0.1, 0.15) is 27.7 Å². The minimum absolute atomic E-state index is 0.0247. The molecule has 0 aliphatic rings. The Morgan fingerprint density at radius 3 is 2.08 bits per heavy atom. The summed E-state index contributed by atoms with van der Waals surface area (Å²) in [5.74, 6) is -0.267. The molecule has 0 aromatic rings. The summed E-state index contributed by atoms with van der Waals surface area (Å²) >= 11 is 0. The maximum absolute atomic E-state index is 11.3. The molecule has 0 aromatic carbocycles. The molecule has 0 amide bonds. The van der Waals surface area contributed by atoms with Crippen molar-refractivity contribution >= 4 is 10.1 Å². The van der Waals surface area contributed by atoms with E-state index >= 15 is 0 Å². The van der Waals surface area contributed by atoms with Gasteiger partial charge in [0.15, 0.2) is 0 Å². The lowest BCUT2D eigenvalue weighted by atomic mass is 10.2. The van der Waals surface area contributed by atoms with E-state index in [0.717, 1.165) is 0 Å². The summed E-state index contributed by atoms with van der Waals surface area (Å²) in [5, 5.41) is 10.3. The van der Waals surface area contributed by atoms with Crippen LogP contribution in [0, 0.1) is 5.92 Å². The highest BCUT2D eigenvalue weighted by atomic mass is 32.2. The minimum atomic E-state index is -3.54. The fraction of sp³-hybridized carbons (Fsp3) is 1.00. The van der Waals surface area contributed by atoms with Gasteiger partial charge >= 0.3 is 0 Å². The van der Waals surface area contributed by atoms with Gasteiger partial charge in [-0.1, -0.05) is 6.92 Å². The van der Waals surface area contributed by atoms with Crippen molar-refractivity contribution in [1.29, 1.82) is 0 Å². The Kier molecular flexibility index (Phi) is 4.35. The Hall–Kier alpha value is -0.130. The molecule has 0 aliphatic carbocycles. The second-order valence-electron chi connectivity index (χ2n) is 4.12. The number of rotatable bonds is 4. The predicted octanol–water partition coefficient (Wildman–Crippen LogP) is 1.20. The van der Waals surface area contributed by atoms with Gasteiger partial charge in [0.2, 0.25) is 0 Å². The highest BCUT2D eigenvalue weighted by Gasteiger charge is 2.30. The fourth-order valence-corrected chi connectivity index (χ4v) is 1.20. The lowest BCUT2D eigenvalue weighted by molar-refractivity contribution is 0.119. The molecule has 13 heavy (non-hydrogen) atoms. The van der Waals surface area contributed by atoms with Gasteiger partial charge in [-0.2, -0.15) is 8.42 Å². The second kappa shape index (κ2) is 4.39. The third-order valence-corrected chi connectivity index (χ3v) is 3.49. The van der Waals surface area contributed by atoms with Crippen molar-refractivity contribution in [3.05, 3.63) is 0 Å². The lowest BCUT2D eigenvalue weighted by Crippen LogP contribution is -2.31. The molecule has 0 fully saturated rings. The third-order valence-electron chi connectivity index (χ3n) is 1.54. The minimum Gasteiger partial charge on any atom is -0.269 e. The first kappa shape index (κ1) is 12.9. The Bertz CT molecular complexity index is 237. The van der Waals surface area contributed by atoms with Crippen molar-refractivity contribution in [3.8, 4) is 0 Å². The largest absolute Gasteiger partial charge is 0.272 e. The monoisotopic (exact) mass is 209 g/mol. The van der Waals surface area contributed by atoms with E-state index in [9.17, 15) is 13.5 Å². The molecule has 0 spiro atoms. The van der Waals surface area contributed by atoms with Crippen LogP contribution in [0.15, 0.2) is 0 Å². The predicted molar refractivity (Wildman–Crippen MR) is 49.3 cm³/mol. The molecule has 0 saturated carbocycles. The third kappa shape index (κ3) is 4.06. The van der Waals surface area contributed by atoms with E-state index in [1.807, 2.05) is 0 Å². The normalized spacial score (nSPS) is 15.8. The van der Waals surface area contributed by atoms with Gasteiger partial charge in [-0.3, -0.25) is 4.18 Å². The fourth-order valence-electron chi connectivity index (χ4n) is 0.431. The van der Waals surface area contributed by atoms with Crippen molar-refractivity contribution in [2.75, 3.05) is 13.2 Å². The molecule has 0 bridgehead atoms. The molecule has 1 radical (unpaired) electrons. The topological polar surface area (TPSA) is 63.3 Å². The van der Waals surface area contributed by atoms with E-state index in [1.54, 1.807) is 27.7 Å². The molecular formula is C8H17O4S. The van der Waals surface area contributed by atoms with E-state index in [4.69, 9.17) is 4.18 Å². The summed E-state index contributed by atoms with van der Waals surface area (Å²) in [4.78, 5) is 0. The highest BCUT2D eigenvalue weighted by Crippen LogP contribution is 2.17. The first-order chi connectivity index (χ1) is 5.70. The van der Waals surface area contributed by atoms with E-state index in [2.05, 4.69) is 0 Å². The van der Waals surface area contributed by atoms with Gasteiger partial charge in [-0.15, -0.1) is 0 Å². The van der Waals surface area contributed by atoms with Crippen LogP contribution in [0.2, 0.25) is 0 Å². The van der Waals surface area contributed by atoms with E-state index < -0.39 is 14.9 Å². The van der Waals surface area contributed by atoms with Gasteiger partial charge in [0.1, 0.15) is 0 Å². The van der Waals surface area contributed by atoms with Crippen LogP contribution in [0.4, 0.5) is 0 Å². The van der Waals surface area contributed by atoms with Crippen molar-refractivity contribution in [3.63, 3.8) is 0 Å². The molecule has 5 heteroatoms. The van der Waals surface area contributed by atoms with Crippen LogP contribution in [0.3, 0.4) is 0 Å². The van der Waals surface area contributed by atoms with Crippen molar-refractivity contribution < 1.29 is 17.7 Å². The molecule has 0 heterocycles. The molecule has 1 atom stereocenters. The Balaban J connectivity index is 4.22. The second-order valence-corrected chi connectivity index (χ2v) is 6.49. The first-order valence-corrected chi connectivity index (χ1v) is 5.58. The van der Waals surface area contributed by atoms with Gasteiger partial charge in [0, 0.05) is 5.92 Å². The van der Waals surface area contributed by atoms with Crippen LogP contribution in [0.5, 0.6) is 0 Å². The van der Waals surface area contributed by atoms with Crippen LogP contribution in [0.25, 0.3) is 0 Å². The summed E-state index contributed by atoms with van der Waals surface area (Å²) < 4.78 is 26.5. The molecule has 0 N–H and O–H groups in total. The lowest BCUT2D eigenvalue weighted by Gasteiger charge is -2.19. The smallest absolute Gasteiger partial charge is 0.269 e. The van der Waals surface area contributed by atoms with E-state index in [-0.39, 0.29) is 19.1 Å². The summed E-state index contributed by atoms with van der Waals surface area (Å²) in [6.07, 6.45) is 0. The zero-order chi connectivity index (χ0) is 10.7. The van der Waals surface area contributed by atoms with E-state index in [1.165, 1.54) is 0 Å². The van der Waals surface area contributed by atoms with Crippen LogP contribution in [-0.4, -0.2) is 26.4 Å². The molecule has 79 valence electrons. The molecule has 0 aliphatic heterocycles. The van der Waals surface area contributed by atoms with Crippen LogP contribution >= 0.6 is 0 Å². The van der Waals surface area contributed by atoms with E-state index in [0.29, 0.717) is 0 Å². The van der Waals surface area contributed by atoms with Gasteiger partial charge in [0.05, 0.1) is 18.0 Å². The number of hydrogen-bond donors (Lipinski definition) is 0. The van der Waals surface area contributed by atoms with Crippen LogP contribution in [-0.2, 0) is 19.4 Å². The SMILES string of the molecule is CC(C[O])COS(=O)(=O)C(C)(C)C. The van der Waals surface area contributed by atoms with Gasteiger partial charge < -0.3 is 0 Å². The molecule has 1 unspecified atom stereocenters. The molecule has 0 saturated heterocycles. The van der Waals surface area contributed by atoms with Crippen molar-refractivity contribution in [1.82, 2.24) is 0 Å². The molecule has 0 aromatic heterocycles. The van der Waals surface area contributed by atoms with Crippen molar-refractivity contribution in [2.24, 2.45) is 5.92 Å². The first-order valence-electron chi connectivity index (χ1n) is 4.18. The maximum Gasteiger partial charge on any atom is 0.272 e. The van der Waals surface area contributed by atoms with Gasteiger partial charge in [0.25, 0.3) is 10.1 Å². The highest BCUT2D eigenvalue weighted by molar-refractivity contribution is 7.88. The zero-order valence-corrected chi connectivity index (χ0v) is 9.35. The Labute approximate surface area is 80.0 Å². The molecule has 0 rings (SSSR count). The Morgan fingerprint density at radius 2 is 1.77 bits per heavy atom. The quantitative estimate of drug-likeness (QED) is 0.653. The van der Waals surface area contributed by atoms with Gasteiger partial charge in [-0.05, 0) is 20.8 Å². The average Bonchev–Trinajstić information content (AvgIpc) is 1.98. The number of hydrogen-bond acceptors (Lipinski definition) is 3. The standard InChI is InChI=1S/C8H17O4S/c1-7(5-9)6-12-13(10,11)8(2,3)4/h7H,5-6H2,1-4H3. The maximum atomic E-state index is 11.3. The summed E-state index contributed by atoms with van der Waals surface area (Å²) in [6.45, 7) is 5.99. The summed E-state index contributed by atoms with van der Waals surface area (Å²) in [5.41, 5.74) is 0. The van der Waals surface area contributed by atoms with Crippen molar-refractivity contribution in [2.45, 2.75) is 32.4 Å². The Morgan fingerprint density at radius 1 is 1.31 bits per heavy atom. The average molecular weight is 209 g/mol. The molecule has 4 nitrogen and oxygen atoms in total. The summed E-state index contributed by atoms with van der Waals surface area (Å²) in [6, 6.07) is 0. The zero-order valence-electron chi connectivity index (χ0n) is 8.53. The van der Waals surface area contributed by atoms with Gasteiger partial charge in [-0.25, -0.2) is 5.11 Å².